The fourth-order valence-electron chi connectivity index (χ4n) is 2.98. The summed E-state index contributed by atoms with van der Waals surface area (Å²) in [6.07, 6.45) is 1.62. The molecule has 0 fully saturated rings. The first-order chi connectivity index (χ1) is 13.6. The van der Waals surface area contributed by atoms with E-state index in [1.165, 1.54) is 11.9 Å². The number of benzene rings is 2. The van der Waals surface area contributed by atoms with Crippen molar-refractivity contribution in [1.82, 2.24) is 20.6 Å². The maximum atomic E-state index is 13.0. The molecule has 0 radical (unpaired) electrons. The van der Waals surface area contributed by atoms with Crippen molar-refractivity contribution in [2.75, 3.05) is 5.32 Å². The Hall–Kier alpha value is -3.94. The quantitative estimate of drug-likeness (QED) is 0.656. The Kier molecular flexibility index (Phi) is 4.59. The van der Waals surface area contributed by atoms with Gasteiger partial charge in [-0.1, -0.05) is 24.3 Å². The number of aromatic amines is 1. The van der Waals surface area contributed by atoms with Crippen molar-refractivity contribution in [3.63, 3.8) is 0 Å². The first-order valence-corrected chi connectivity index (χ1v) is 8.72. The second-order valence-corrected chi connectivity index (χ2v) is 6.32. The first-order valence-electron chi connectivity index (χ1n) is 8.72. The molecule has 0 atom stereocenters. The molecule has 3 N–H and O–H groups in total. The van der Waals surface area contributed by atoms with E-state index < -0.39 is 0 Å². The molecule has 8 nitrogen and oxygen atoms in total. The summed E-state index contributed by atoms with van der Waals surface area (Å²) < 4.78 is 0. The molecule has 0 saturated heterocycles. The number of amidine groups is 1. The molecule has 0 bridgehead atoms. The van der Waals surface area contributed by atoms with Crippen LogP contribution >= 0.6 is 0 Å². The average molecular weight is 374 g/mol. The Bertz CT molecular complexity index is 1040. The molecule has 1 aliphatic rings. The molecule has 2 heterocycles. The molecule has 3 aromatic rings. The predicted octanol–water partition coefficient (Wildman–Crippen LogP) is 2.61. The number of carbonyl (C=O) groups excluding carboxylic acids is 2. The summed E-state index contributed by atoms with van der Waals surface area (Å²) in [5.41, 5.74) is 6.17. The van der Waals surface area contributed by atoms with Gasteiger partial charge in [0.2, 0.25) is 5.91 Å². The molecule has 28 heavy (non-hydrogen) atoms. The topological polar surface area (TPSA) is 102 Å². The van der Waals surface area contributed by atoms with Gasteiger partial charge in [-0.25, -0.2) is 10.0 Å². The Balaban J connectivity index is 1.62. The molecule has 1 aliphatic heterocycles. The van der Waals surface area contributed by atoms with Gasteiger partial charge < -0.3 is 5.32 Å². The molecule has 2 amide bonds. The molecule has 4 rings (SSSR count). The average Bonchev–Trinajstić information content (AvgIpc) is 3.20. The van der Waals surface area contributed by atoms with Gasteiger partial charge in [0.25, 0.3) is 5.91 Å². The van der Waals surface area contributed by atoms with Crippen LogP contribution in [0.3, 0.4) is 0 Å². The van der Waals surface area contributed by atoms with Gasteiger partial charge in [0, 0.05) is 29.8 Å². The van der Waals surface area contributed by atoms with Gasteiger partial charge in [-0.15, -0.1) is 0 Å². The van der Waals surface area contributed by atoms with Crippen molar-refractivity contribution in [1.29, 1.82) is 0 Å². The van der Waals surface area contributed by atoms with Gasteiger partial charge in [0.1, 0.15) is 5.82 Å². The van der Waals surface area contributed by atoms with Crippen LogP contribution in [0.5, 0.6) is 0 Å². The smallest absolute Gasteiger partial charge is 0.272 e. The summed E-state index contributed by atoms with van der Waals surface area (Å²) >= 11 is 0. The minimum atomic E-state index is -0.193. The number of amides is 2. The standard InChI is InChI=1S/C20H18N6O2/c1-13(27)22-16-8-6-14(7-9-16)20(28)26-12-15-4-2-3-5-17(15)19(25-26)23-18-10-11-21-24-18/h2-11H,12H2,1H3,(H,22,27)(H2,21,23,24,25). The van der Waals surface area contributed by atoms with E-state index in [-0.39, 0.29) is 11.8 Å². The highest BCUT2D eigenvalue weighted by Crippen LogP contribution is 2.21. The van der Waals surface area contributed by atoms with Crippen LogP contribution in [0.4, 0.5) is 11.5 Å². The lowest BCUT2D eigenvalue weighted by Gasteiger charge is -2.31. The molecule has 0 spiro atoms. The van der Waals surface area contributed by atoms with Gasteiger partial charge in [-0.2, -0.15) is 5.10 Å². The molecule has 140 valence electrons. The number of H-pyrrole nitrogens is 1. The van der Waals surface area contributed by atoms with E-state index in [9.17, 15) is 9.59 Å². The highest BCUT2D eigenvalue weighted by molar-refractivity contribution is 6.05. The van der Waals surface area contributed by atoms with E-state index in [2.05, 4.69) is 25.9 Å². The fraction of sp³-hybridized carbons (Fsp3) is 0.100. The van der Waals surface area contributed by atoms with Crippen LogP contribution < -0.4 is 10.7 Å². The van der Waals surface area contributed by atoms with Gasteiger partial charge in [-0.3, -0.25) is 20.1 Å². The van der Waals surface area contributed by atoms with E-state index in [4.69, 9.17) is 0 Å². The van der Waals surface area contributed by atoms with E-state index >= 15 is 0 Å². The van der Waals surface area contributed by atoms with Crippen LogP contribution in [0, 0.1) is 0 Å². The molecule has 2 aromatic carbocycles. The summed E-state index contributed by atoms with van der Waals surface area (Å²) in [6, 6.07) is 16.3. The molecule has 8 heteroatoms. The molecule has 1 aromatic heterocycles. The zero-order chi connectivity index (χ0) is 19.5. The Morgan fingerprint density at radius 1 is 1.11 bits per heavy atom. The van der Waals surface area contributed by atoms with Gasteiger partial charge in [0.05, 0.1) is 12.7 Å². The number of carbonyl (C=O) groups is 2. The van der Waals surface area contributed by atoms with E-state index in [1.807, 2.05) is 24.3 Å². The molecule has 0 aliphatic carbocycles. The Labute approximate surface area is 161 Å². The monoisotopic (exact) mass is 374 g/mol. The van der Waals surface area contributed by atoms with Crippen molar-refractivity contribution in [3.8, 4) is 0 Å². The van der Waals surface area contributed by atoms with Crippen LogP contribution in [-0.4, -0.2) is 32.9 Å². The molecule has 0 unspecified atom stereocenters. The van der Waals surface area contributed by atoms with Crippen LogP contribution in [0.1, 0.15) is 28.4 Å². The maximum Gasteiger partial charge on any atom is 0.272 e. The number of rotatable bonds is 3. The Morgan fingerprint density at radius 2 is 1.89 bits per heavy atom. The number of nitrogens with one attached hydrogen (secondary N) is 3. The normalized spacial score (nSPS) is 14.3. The number of hydrogen-bond acceptors (Lipinski definition) is 4. The highest BCUT2D eigenvalue weighted by Gasteiger charge is 2.25. The van der Waals surface area contributed by atoms with E-state index in [1.54, 1.807) is 36.5 Å². The lowest BCUT2D eigenvalue weighted by molar-refractivity contribution is -0.114. The largest absolute Gasteiger partial charge is 0.326 e. The lowest BCUT2D eigenvalue weighted by Crippen LogP contribution is -2.49. The van der Waals surface area contributed by atoms with Crippen molar-refractivity contribution >= 4 is 29.2 Å². The second kappa shape index (κ2) is 7.36. The summed E-state index contributed by atoms with van der Waals surface area (Å²) in [4.78, 5) is 28.7. The SMILES string of the molecule is CC(=O)Nc1ccc(C(=O)N2Cc3ccccc3C(=Nc3ccn[nH]3)N2)cc1. The zero-order valence-corrected chi connectivity index (χ0v) is 15.1. The third kappa shape index (κ3) is 3.61. The Morgan fingerprint density at radius 3 is 2.61 bits per heavy atom. The minimum Gasteiger partial charge on any atom is -0.326 e. The third-order valence-corrected chi connectivity index (χ3v) is 4.26. The third-order valence-electron chi connectivity index (χ3n) is 4.26. The van der Waals surface area contributed by atoms with Gasteiger partial charge in [-0.05, 0) is 29.8 Å². The predicted molar refractivity (Wildman–Crippen MR) is 105 cm³/mol. The number of aliphatic imine (C=N–C) groups is 1. The summed E-state index contributed by atoms with van der Waals surface area (Å²) in [6.45, 7) is 1.85. The number of nitrogens with zero attached hydrogens (tertiary/aromatic N) is 3. The number of hydrazine groups is 1. The van der Waals surface area contributed by atoms with Gasteiger partial charge in [0.15, 0.2) is 5.84 Å². The van der Waals surface area contributed by atoms with Crippen molar-refractivity contribution in [3.05, 3.63) is 77.5 Å². The second-order valence-electron chi connectivity index (χ2n) is 6.32. The molecule has 0 saturated carbocycles. The highest BCUT2D eigenvalue weighted by atomic mass is 16.2. The van der Waals surface area contributed by atoms with Crippen molar-refractivity contribution in [2.24, 2.45) is 4.99 Å². The van der Waals surface area contributed by atoms with Crippen LogP contribution in [-0.2, 0) is 11.3 Å². The molecular formula is C20H18N6O2. The summed E-state index contributed by atoms with van der Waals surface area (Å²) in [7, 11) is 0. The van der Waals surface area contributed by atoms with Crippen molar-refractivity contribution in [2.45, 2.75) is 13.5 Å². The number of anilines is 1. The van der Waals surface area contributed by atoms with E-state index in [0.717, 1.165) is 11.1 Å². The summed E-state index contributed by atoms with van der Waals surface area (Å²) in [5, 5.41) is 10.9. The zero-order valence-electron chi connectivity index (χ0n) is 15.1. The van der Waals surface area contributed by atoms with Crippen molar-refractivity contribution < 1.29 is 9.59 Å². The van der Waals surface area contributed by atoms with E-state index in [0.29, 0.717) is 29.4 Å². The number of fused-ring (bicyclic) bond motifs is 1. The van der Waals surface area contributed by atoms with Crippen LogP contribution in [0.15, 0.2) is 65.8 Å². The minimum absolute atomic E-state index is 0.159. The summed E-state index contributed by atoms with van der Waals surface area (Å²) in [5.74, 6) is 0.801. The maximum absolute atomic E-state index is 13.0. The van der Waals surface area contributed by atoms with Gasteiger partial charge >= 0.3 is 0 Å². The fourth-order valence-corrected chi connectivity index (χ4v) is 2.98. The van der Waals surface area contributed by atoms with Crippen LogP contribution in [0.2, 0.25) is 0 Å². The lowest BCUT2D eigenvalue weighted by atomic mass is 10.0. The first kappa shape index (κ1) is 17.5. The number of hydrogen-bond donors (Lipinski definition) is 3. The molecular weight excluding hydrogens is 356 g/mol. The number of aromatic nitrogens is 2. The van der Waals surface area contributed by atoms with Crippen LogP contribution in [0.25, 0.3) is 0 Å².